The van der Waals surface area contributed by atoms with Gasteiger partial charge in [-0.05, 0) is 24.3 Å². The van der Waals surface area contributed by atoms with Crippen LogP contribution >= 0.6 is 0 Å². The first-order chi connectivity index (χ1) is 11.0. The number of benzene rings is 2. The van der Waals surface area contributed by atoms with Crippen molar-refractivity contribution in [2.75, 3.05) is 6.54 Å². The van der Waals surface area contributed by atoms with E-state index in [-0.39, 0.29) is 11.4 Å². The Morgan fingerprint density at radius 3 is 2.17 bits per heavy atom. The molecule has 0 fully saturated rings. The molecule has 0 spiro atoms. The van der Waals surface area contributed by atoms with Crippen molar-refractivity contribution in [3.05, 3.63) is 64.7 Å². The maximum Gasteiger partial charge on any atom is 0.413 e. The van der Waals surface area contributed by atoms with Gasteiger partial charge in [-0.2, -0.15) is 0 Å². The Morgan fingerprint density at radius 2 is 1.57 bits per heavy atom. The van der Waals surface area contributed by atoms with E-state index in [1.54, 1.807) is 30.3 Å². The Morgan fingerprint density at radius 1 is 0.957 bits per heavy atom. The van der Waals surface area contributed by atoms with Crippen molar-refractivity contribution < 1.29 is 24.0 Å². The van der Waals surface area contributed by atoms with Crippen molar-refractivity contribution in [3.63, 3.8) is 0 Å². The molecule has 0 atom stereocenters. The summed E-state index contributed by atoms with van der Waals surface area (Å²) in [6, 6.07) is 13.4. The van der Waals surface area contributed by atoms with Gasteiger partial charge in [0.1, 0.15) is 18.0 Å². The molecule has 8 heteroatoms. The molecule has 8 nitrogen and oxygen atoms in total. The summed E-state index contributed by atoms with van der Waals surface area (Å²) in [4.78, 5) is 33.0. The molecular weight excluding hydrogens is 304 g/mol. The molecule has 0 saturated heterocycles. The minimum atomic E-state index is -0.795. The van der Waals surface area contributed by atoms with Crippen LogP contribution in [0.15, 0.2) is 54.6 Å². The molecule has 2 aromatic carbocycles. The first-order valence-electron chi connectivity index (χ1n) is 6.50. The summed E-state index contributed by atoms with van der Waals surface area (Å²) in [7, 11) is 0. The second-order valence-corrected chi connectivity index (χ2v) is 4.28. The van der Waals surface area contributed by atoms with E-state index in [1.165, 1.54) is 24.3 Å². The molecule has 2 aromatic rings. The summed E-state index contributed by atoms with van der Waals surface area (Å²) < 4.78 is 9.84. The number of para-hydroxylation sites is 1. The fourth-order valence-electron chi connectivity index (χ4n) is 1.58. The lowest BCUT2D eigenvalue weighted by atomic mass is 10.3. The number of nitro benzene ring substituents is 1. The fourth-order valence-corrected chi connectivity index (χ4v) is 1.58. The van der Waals surface area contributed by atoms with Gasteiger partial charge in [-0.25, -0.2) is 9.59 Å². The van der Waals surface area contributed by atoms with Crippen molar-refractivity contribution >= 4 is 17.7 Å². The summed E-state index contributed by atoms with van der Waals surface area (Å²) in [5.74, 6) is -0.253. The van der Waals surface area contributed by atoms with Gasteiger partial charge in [0, 0.05) is 12.1 Å². The SMILES string of the molecule is O=C(CNC(=O)Oc1ccccc1)Oc1ccc([N+](=O)[O-])cc1. The quantitative estimate of drug-likeness (QED) is 0.392. The summed E-state index contributed by atoms with van der Waals surface area (Å²) >= 11 is 0. The average Bonchev–Trinajstić information content (AvgIpc) is 2.54. The number of hydrogen-bond acceptors (Lipinski definition) is 6. The van der Waals surface area contributed by atoms with E-state index >= 15 is 0 Å². The molecule has 1 amide bonds. The van der Waals surface area contributed by atoms with Gasteiger partial charge < -0.3 is 14.8 Å². The van der Waals surface area contributed by atoms with E-state index in [9.17, 15) is 19.7 Å². The van der Waals surface area contributed by atoms with Crippen LogP contribution in [-0.4, -0.2) is 23.5 Å². The number of carbonyl (C=O) groups excluding carboxylic acids is 2. The van der Waals surface area contributed by atoms with Gasteiger partial charge in [0.15, 0.2) is 0 Å². The second kappa shape index (κ2) is 7.55. The Balaban J connectivity index is 1.78. The molecule has 0 saturated carbocycles. The lowest BCUT2D eigenvalue weighted by Gasteiger charge is -2.07. The Labute approximate surface area is 130 Å². The van der Waals surface area contributed by atoms with E-state index in [0.29, 0.717) is 5.75 Å². The molecule has 0 unspecified atom stereocenters. The van der Waals surface area contributed by atoms with Gasteiger partial charge in [0.25, 0.3) is 5.69 Å². The molecule has 23 heavy (non-hydrogen) atoms. The zero-order chi connectivity index (χ0) is 16.7. The maximum absolute atomic E-state index is 11.6. The third-order valence-electron chi connectivity index (χ3n) is 2.61. The van der Waals surface area contributed by atoms with Crippen LogP contribution in [0.2, 0.25) is 0 Å². The number of nitrogens with zero attached hydrogens (tertiary/aromatic N) is 1. The highest BCUT2D eigenvalue weighted by atomic mass is 16.6. The first-order valence-corrected chi connectivity index (χ1v) is 6.50. The van der Waals surface area contributed by atoms with Gasteiger partial charge in [0.05, 0.1) is 4.92 Å². The molecule has 0 aliphatic rings. The lowest BCUT2D eigenvalue weighted by Crippen LogP contribution is -2.33. The average molecular weight is 316 g/mol. The van der Waals surface area contributed by atoms with Crippen molar-refractivity contribution in [2.45, 2.75) is 0 Å². The van der Waals surface area contributed by atoms with Crippen molar-refractivity contribution in [1.82, 2.24) is 5.32 Å². The van der Waals surface area contributed by atoms with E-state index < -0.39 is 23.5 Å². The third kappa shape index (κ3) is 5.12. The molecule has 0 bridgehead atoms. The third-order valence-corrected chi connectivity index (χ3v) is 2.61. The largest absolute Gasteiger partial charge is 0.425 e. The fraction of sp³-hybridized carbons (Fsp3) is 0.0667. The molecule has 0 heterocycles. The molecule has 2 rings (SSSR count). The number of hydrogen-bond donors (Lipinski definition) is 1. The van der Waals surface area contributed by atoms with E-state index in [1.807, 2.05) is 0 Å². The Kier molecular flexibility index (Phi) is 5.24. The minimum absolute atomic E-state index is 0.116. The molecule has 0 aliphatic carbocycles. The number of amides is 1. The number of esters is 1. The maximum atomic E-state index is 11.6. The lowest BCUT2D eigenvalue weighted by molar-refractivity contribution is -0.384. The van der Waals surface area contributed by atoms with Crippen LogP contribution in [0, 0.1) is 10.1 Å². The predicted molar refractivity (Wildman–Crippen MR) is 79.2 cm³/mol. The molecular formula is C15H12N2O6. The molecule has 118 valence electrons. The predicted octanol–water partition coefficient (Wildman–Crippen LogP) is 2.29. The topological polar surface area (TPSA) is 108 Å². The summed E-state index contributed by atoms with van der Waals surface area (Å²) in [5, 5.41) is 12.7. The van der Waals surface area contributed by atoms with E-state index in [2.05, 4.69) is 5.32 Å². The minimum Gasteiger partial charge on any atom is -0.425 e. The molecule has 0 aliphatic heterocycles. The summed E-state index contributed by atoms with van der Waals surface area (Å²) in [5.41, 5.74) is -0.116. The van der Waals surface area contributed by atoms with Crippen LogP contribution in [0.5, 0.6) is 11.5 Å². The number of nitro groups is 1. The van der Waals surface area contributed by atoms with Crippen LogP contribution in [0.4, 0.5) is 10.5 Å². The van der Waals surface area contributed by atoms with Crippen LogP contribution < -0.4 is 14.8 Å². The number of nitrogens with one attached hydrogen (secondary N) is 1. The Bertz CT molecular complexity index is 700. The van der Waals surface area contributed by atoms with E-state index in [0.717, 1.165) is 0 Å². The van der Waals surface area contributed by atoms with Crippen LogP contribution in [0.25, 0.3) is 0 Å². The van der Waals surface area contributed by atoms with E-state index in [4.69, 9.17) is 9.47 Å². The number of ether oxygens (including phenoxy) is 2. The van der Waals surface area contributed by atoms with Gasteiger partial charge >= 0.3 is 12.1 Å². The highest BCUT2D eigenvalue weighted by Gasteiger charge is 2.10. The van der Waals surface area contributed by atoms with Gasteiger partial charge in [-0.1, -0.05) is 18.2 Å². The number of rotatable bonds is 5. The van der Waals surface area contributed by atoms with Crippen molar-refractivity contribution in [1.29, 1.82) is 0 Å². The highest BCUT2D eigenvalue weighted by molar-refractivity contribution is 5.80. The summed E-state index contributed by atoms with van der Waals surface area (Å²) in [6.07, 6.45) is -0.795. The monoisotopic (exact) mass is 316 g/mol. The van der Waals surface area contributed by atoms with Gasteiger partial charge in [-0.15, -0.1) is 0 Å². The normalized spacial score (nSPS) is 9.74. The van der Waals surface area contributed by atoms with Gasteiger partial charge in [-0.3, -0.25) is 10.1 Å². The van der Waals surface area contributed by atoms with Crippen LogP contribution in [-0.2, 0) is 4.79 Å². The molecule has 0 aromatic heterocycles. The zero-order valence-corrected chi connectivity index (χ0v) is 11.8. The summed E-state index contributed by atoms with van der Waals surface area (Å²) in [6.45, 7) is -0.400. The number of carbonyl (C=O) groups is 2. The van der Waals surface area contributed by atoms with Crippen molar-refractivity contribution in [2.24, 2.45) is 0 Å². The second-order valence-electron chi connectivity index (χ2n) is 4.28. The smallest absolute Gasteiger partial charge is 0.413 e. The van der Waals surface area contributed by atoms with Crippen molar-refractivity contribution in [3.8, 4) is 11.5 Å². The first kappa shape index (κ1) is 16.0. The molecule has 1 N–H and O–H groups in total. The van der Waals surface area contributed by atoms with Gasteiger partial charge in [0.2, 0.25) is 0 Å². The van der Waals surface area contributed by atoms with Crippen LogP contribution in [0.3, 0.4) is 0 Å². The Hall–Kier alpha value is -3.42. The zero-order valence-electron chi connectivity index (χ0n) is 11.8. The molecule has 0 radical (unpaired) electrons. The standard InChI is InChI=1S/C15H12N2O6/c18-14(22-13-8-6-11(7-9-13)17(20)21)10-16-15(19)23-12-4-2-1-3-5-12/h1-9H,10H2,(H,16,19). The van der Waals surface area contributed by atoms with Crippen LogP contribution in [0.1, 0.15) is 0 Å². The number of non-ortho nitro benzene ring substituents is 1. The highest BCUT2D eigenvalue weighted by Crippen LogP contribution is 2.17.